The maximum atomic E-state index is 11.9. The first-order chi connectivity index (χ1) is 10.4. The molecule has 4 rings (SSSR count). The van der Waals surface area contributed by atoms with Crippen molar-refractivity contribution in [3.63, 3.8) is 0 Å². The monoisotopic (exact) mass is 305 g/mol. The average Bonchev–Trinajstić information content (AvgIpc) is 2.99. The number of ether oxygens (including phenoxy) is 3. The second kappa shape index (κ2) is 4.83. The average molecular weight is 305 g/mol. The van der Waals surface area contributed by atoms with Crippen LogP contribution in [0.25, 0.3) is 0 Å². The molecule has 0 spiro atoms. The molecule has 7 nitrogen and oxygen atoms in total. The Morgan fingerprint density at radius 1 is 1.55 bits per heavy atom. The summed E-state index contributed by atoms with van der Waals surface area (Å²) in [6.45, 7) is 4.35. The van der Waals surface area contributed by atoms with E-state index in [9.17, 15) is 19.6 Å². The summed E-state index contributed by atoms with van der Waals surface area (Å²) >= 11 is 0. The highest BCUT2D eigenvalue weighted by Crippen LogP contribution is 2.61. The van der Waals surface area contributed by atoms with Gasteiger partial charge >= 0.3 is 17.9 Å². The Hall–Kier alpha value is -2.36. The van der Waals surface area contributed by atoms with E-state index in [4.69, 9.17) is 14.2 Å². The normalized spacial score (nSPS) is 37.4. The van der Waals surface area contributed by atoms with Crippen molar-refractivity contribution in [1.82, 2.24) is 0 Å². The Morgan fingerprint density at radius 3 is 2.91 bits per heavy atom. The molecule has 4 fully saturated rings. The quantitative estimate of drug-likeness (QED) is 0.423. The number of esters is 3. The number of fused-ring (bicyclic) bond motifs is 1. The molecule has 2 aliphatic carbocycles. The Kier molecular flexibility index (Phi) is 3.20. The van der Waals surface area contributed by atoms with Gasteiger partial charge in [0, 0.05) is 17.4 Å². The van der Waals surface area contributed by atoms with Crippen LogP contribution in [0.5, 0.6) is 0 Å². The van der Waals surface area contributed by atoms with E-state index in [0.717, 1.165) is 0 Å². The summed E-state index contributed by atoms with van der Waals surface area (Å²) in [5.41, 5.74) is -1.01. The second-order valence-electron chi connectivity index (χ2n) is 6.07. The molecule has 0 aromatic carbocycles. The fraction of sp³-hybridized carbons (Fsp3) is 0.600. The van der Waals surface area contributed by atoms with E-state index >= 15 is 0 Å². The molecule has 2 aliphatic heterocycles. The lowest BCUT2D eigenvalue weighted by molar-refractivity contribution is -0.206. The summed E-state index contributed by atoms with van der Waals surface area (Å²) in [7, 11) is 0. The standard InChI is InChI=1S/C15H15NO6/c1-7(2)13(18)20-5-10(17)21-12-9-3-8-4-15(9,6-16)14(19)22-11(8)12/h8-9,11-12H,1,3-5H2,2H3. The molecule has 4 bridgehead atoms. The minimum absolute atomic E-state index is 0.0538. The Morgan fingerprint density at radius 2 is 2.27 bits per heavy atom. The molecule has 5 atom stereocenters. The molecule has 2 heterocycles. The number of hydrogen-bond donors (Lipinski definition) is 0. The molecule has 4 aliphatic rings. The fourth-order valence-electron chi connectivity index (χ4n) is 3.72. The number of nitrogens with zero attached hydrogens (tertiary/aromatic N) is 1. The molecule has 0 aromatic heterocycles. The number of hydrogen-bond acceptors (Lipinski definition) is 7. The number of carbonyl (C=O) groups excluding carboxylic acids is 3. The molecule has 0 N–H and O–H groups in total. The molecular formula is C15H15NO6. The molecule has 22 heavy (non-hydrogen) atoms. The van der Waals surface area contributed by atoms with Gasteiger partial charge in [0.15, 0.2) is 12.0 Å². The van der Waals surface area contributed by atoms with Crippen LogP contribution in [0, 0.1) is 28.6 Å². The van der Waals surface area contributed by atoms with Crippen molar-refractivity contribution in [2.75, 3.05) is 6.61 Å². The topological polar surface area (TPSA) is 103 Å². The summed E-state index contributed by atoms with van der Waals surface area (Å²) in [6.07, 6.45) is -0.0234. The van der Waals surface area contributed by atoms with E-state index in [1.165, 1.54) is 6.92 Å². The number of carbonyl (C=O) groups is 3. The third-order valence-corrected chi connectivity index (χ3v) is 4.70. The van der Waals surface area contributed by atoms with Crippen molar-refractivity contribution in [1.29, 1.82) is 5.26 Å². The molecule has 0 radical (unpaired) electrons. The van der Waals surface area contributed by atoms with Gasteiger partial charge in [-0.15, -0.1) is 0 Å². The van der Waals surface area contributed by atoms with Gasteiger partial charge in [-0.25, -0.2) is 9.59 Å². The zero-order chi connectivity index (χ0) is 16.1. The van der Waals surface area contributed by atoms with Crippen LogP contribution in [0.3, 0.4) is 0 Å². The maximum Gasteiger partial charge on any atom is 0.344 e. The first kappa shape index (κ1) is 14.6. The van der Waals surface area contributed by atoms with Crippen molar-refractivity contribution in [2.45, 2.75) is 32.0 Å². The van der Waals surface area contributed by atoms with Crippen molar-refractivity contribution in [2.24, 2.45) is 17.3 Å². The molecule has 116 valence electrons. The van der Waals surface area contributed by atoms with Crippen LogP contribution < -0.4 is 0 Å². The van der Waals surface area contributed by atoms with Crippen molar-refractivity contribution in [3.8, 4) is 6.07 Å². The van der Waals surface area contributed by atoms with Crippen LogP contribution in [0.1, 0.15) is 19.8 Å². The minimum atomic E-state index is -1.20. The van der Waals surface area contributed by atoms with Gasteiger partial charge in [-0.05, 0) is 19.8 Å². The zero-order valence-electron chi connectivity index (χ0n) is 12.0. The Balaban J connectivity index is 1.65. The maximum absolute atomic E-state index is 11.9. The van der Waals surface area contributed by atoms with Crippen LogP contribution in [-0.4, -0.2) is 36.7 Å². The lowest BCUT2D eigenvalue weighted by atomic mass is 9.69. The summed E-state index contributed by atoms with van der Waals surface area (Å²) < 4.78 is 15.3. The van der Waals surface area contributed by atoms with Gasteiger partial charge in [-0.3, -0.25) is 4.79 Å². The van der Waals surface area contributed by atoms with Crippen LogP contribution in [0.4, 0.5) is 0 Å². The number of nitriles is 1. The van der Waals surface area contributed by atoms with Crippen LogP contribution in [-0.2, 0) is 28.6 Å². The lowest BCUT2D eigenvalue weighted by Gasteiger charge is -2.43. The second-order valence-corrected chi connectivity index (χ2v) is 6.07. The largest absolute Gasteiger partial charge is 0.457 e. The van der Waals surface area contributed by atoms with Gasteiger partial charge in [-0.2, -0.15) is 5.26 Å². The molecule has 0 aromatic rings. The van der Waals surface area contributed by atoms with Crippen molar-refractivity contribution < 1.29 is 28.6 Å². The molecule has 0 amide bonds. The lowest BCUT2D eigenvalue weighted by Crippen LogP contribution is -2.57. The minimum Gasteiger partial charge on any atom is -0.457 e. The molecule has 2 saturated carbocycles. The molecule has 7 heteroatoms. The van der Waals surface area contributed by atoms with Gasteiger partial charge in [0.25, 0.3) is 0 Å². The third-order valence-electron chi connectivity index (χ3n) is 4.70. The summed E-state index contributed by atoms with van der Waals surface area (Å²) in [6, 6.07) is 2.05. The highest BCUT2D eigenvalue weighted by Gasteiger charge is 2.71. The SMILES string of the molecule is C=C(C)C(=O)OCC(=O)OC1C2OC(=O)C3(C#N)CC2CC13. The van der Waals surface area contributed by atoms with Gasteiger partial charge in [0.2, 0.25) is 0 Å². The first-order valence-corrected chi connectivity index (χ1v) is 7.03. The van der Waals surface area contributed by atoms with Gasteiger partial charge < -0.3 is 14.2 Å². The van der Waals surface area contributed by atoms with E-state index < -0.39 is 42.1 Å². The van der Waals surface area contributed by atoms with Crippen LogP contribution in [0.15, 0.2) is 12.2 Å². The van der Waals surface area contributed by atoms with Crippen molar-refractivity contribution in [3.05, 3.63) is 12.2 Å². The molecule has 5 unspecified atom stereocenters. The van der Waals surface area contributed by atoms with Crippen LogP contribution >= 0.6 is 0 Å². The predicted molar refractivity (Wildman–Crippen MR) is 69.8 cm³/mol. The highest BCUT2D eigenvalue weighted by molar-refractivity contribution is 5.88. The fourth-order valence-corrected chi connectivity index (χ4v) is 3.72. The smallest absolute Gasteiger partial charge is 0.344 e. The highest BCUT2D eigenvalue weighted by atomic mass is 16.6. The van der Waals surface area contributed by atoms with Gasteiger partial charge in [0.1, 0.15) is 12.2 Å². The molecular weight excluding hydrogens is 290 g/mol. The Labute approximate surface area is 126 Å². The Bertz CT molecular complexity index is 620. The first-order valence-electron chi connectivity index (χ1n) is 7.03. The van der Waals surface area contributed by atoms with Crippen molar-refractivity contribution >= 4 is 17.9 Å². The number of rotatable bonds is 4. The van der Waals surface area contributed by atoms with E-state index in [1.807, 2.05) is 0 Å². The third kappa shape index (κ3) is 1.90. The van der Waals surface area contributed by atoms with E-state index in [1.54, 1.807) is 0 Å². The van der Waals surface area contributed by atoms with Crippen LogP contribution in [0.2, 0.25) is 0 Å². The zero-order valence-corrected chi connectivity index (χ0v) is 12.0. The predicted octanol–water partition coefficient (Wildman–Crippen LogP) is 0.493. The van der Waals surface area contributed by atoms with Gasteiger partial charge in [0.05, 0.1) is 6.07 Å². The van der Waals surface area contributed by atoms with E-state index in [0.29, 0.717) is 12.8 Å². The van der Waals surface area contributed by atoms with E-state index in [2.05, 4.69) is 12.6 Å². The summed E-state index contributed by atoms with van der Waals surface area (Å²) in [5, 5.41) is 9.35. The summed E-state index contributed by atoms with van der Waals surface area (Å²) in [4.78, 5) is 34.9. The van der Waals surface area contributed by atoms with E-state index in [-0.39, 0.29) is 17.4 Å². The van der Waals surface area contributed by atoms with Gasteiger partial charge in [-0.1, -0.05) is 6.58 Å². The summed E-state index contributed by atoms with van der Waals surface area (Å²) in [5.74, 6) is -2.19. The molecule has 2 saturated heterocycles.